The van der Waals surface area contributed by atoms with Crippen molar-refractivity contribution in [3.8, 4) is 62.2 Å². The molecule has 0 N–H and O–H groups in total. The quantitative estimate of drug-likeness (QED) is 0.157. The van der Waals surface area contributed by atoms with Gasteiger partial charge in [-0.1, -0.05) is 176 Å². The van der Waals surface area contributed by atoms with Crippen LogP contribution in [0.15, 0.2) is 212 Å². The van der Waals surface area contributed by atoms with Gasteiger partial charge in [0.05, 0.1) is 22.2 Å². The first kappa shape index (κ1) is 36.3. The van der Waals surface area contributed by atoms with Crippen LogP contribution >= 0.6 is 11.3 Å². The van der Waals surface area contributed by atoms with E-state index < -0.39 is 0 Å². The zero-order valence-corrected chi connectivity index (χ0v) is 35.2. The van der Waals surface area contributed by atoms with Gasteiger partial charge in [0.1, 0.15) is 0 Å². The summed E-state index contributed by atoms with van der Waals surface area (Å²) in [6.45, 7) is 0. The van der Waals surface area contributed by atoms with Gasteiger partial charge in [0.2, 0.25) is 0 Å². The van der Waals surface area contributed by atoms with Crippen LogP contribution < -0.4 is 0 Å². The fourth-order valence-corrected chi connectivity index (χ4v) is 10.8. The average Bonchev–Trinajstić information content (AvgIpc) is 3.93. The van der Waals surface area contributed by atoms with Crippen molar-refractivity contribution >= 4 is 75.0 Å². The van der Waals surface area contributed by atoms with Crippen LogP contribution in [0.1, 0.15) is 0 Å². The van der Waals surface area contributed by atoms with Crippen molar-refractivity contribution < 1.29 is 0 Å². The van der Waals surface area contributed by atoms with Crippen LogP contribution in [0.3, 0.4) is 0 Å². The zero-order valence-electron chi connectivity index (χ0n) is 34.4. The highest BCUT2D eigenvalue weighted by molar-refractivity contribution is 7.26. The maximum Gasteiger partial charge on any atom is 0.164 e. The first-order valence-electron chi connectivity index (χ1n) is 21.5. The van der Waals surface area contributed by atoms with Crippen LogP contribution in [0.2, 0.25) is 0 Å². The molecule has 64 heavy (non-hydrogen) atoms. The van der Waals surface area contributed by atoms with Crippen molar-refractivity contribution in [2.75, 3.05) is 0 Å². The van der Waals surface area contributed by atoms with E-state index in [0.717, 1.165) is 82.7 Å². The summed E-state index contributed by atoms with van der Waals surface area (Å²) in [5, 5.41) is 8.09. The Morgan fingerprint density at radius 1 is 0.359 bits per heavy atom. The molecule has 0 aliphatic rings. The lowest BCUT2D eigenvalue weighted by atomic mass is 9.96. The summed E-state index contributed by atoms with van der Waals surface area (Å²) in [4.78, 5) is 21.2. The molecule has 0 saturated carbocycles. The van der Waals surface area contributed by atoms with Crippen molar-refractivity contribution in [2.45, 2.75) is 0 Å². The molecule has 0 amide bonds. The minimum Gasteiger partial charge on any atom is -0.309 e. The lowest BCUT2D eigenvalue weighted by Crippen LogP contribution is -2.00. The first-order valence-corrected chi connectivity index (χ1v) is 22.3. The smallest absolute Gasteiger partial charge is 0.164 e. The summed E-state index contributed by atoms with van der Waals surface area (Å²) < 4.78 is 4.97. The predicted molar refractivity (Wildman–Crippen MR) is 267 cm³/mol. The lowest BCUT2D eigenvalue weighted by Gasteiger charge is -2.14. The summed E-state index contributed by atoms with van der Waals surface area (Å²) in [5.41, 5.74) is 11.3. The molecule has 0 unspecified atom stereocenters. The van der Waals surface area contributed by atoms with E-state index in [1.54, 1.807) is 0 Å². The van der Waals surface area contributed by atoms with Crippen LogP contribution in [0.5, 0.6) is 0 Å². The van der Waals surface area contributed by atoms with Gasteiger partial charge in [0, 0.05) is 75.0 Å². The Hall–Kier alpha value is -8.32. The molecule has 0 spiro atoms. The summed E-state index contributed by atoms with van der Waals surface area (Å²) >= 11 is 1.84. The second kappa shape index (κ2) is 14.7. The van der Waals surface area contributed by atoms with Crippen LogP contribution in [0.4, 0.5) is 0 Å². The zero-order chi connectivity index (χ0) is 42.1. The number of pyridine rings is 1. The van der Waals surface area contributed by atoms with E-state index in [4.69, 9.17) is 19.9 Å². The van der Waals surface area contributed by atoms with E-state index in [-0.39, 0.29) is 0 Å². The third-order valence-electron chi connectivity index (χ3n) is 12.4. The number of nitrogens with zero attached hydrogens (tertiary/aromatic N) is 5. The minimum absolute atomic E-state index is 0.614. The van der Waals surface area contributed by atoms with Crippen LogP contribution in [0, 0.1) is 0 Å². The van der Waals surface area contributed by atoms with Gasteiger partial charge in [0.25, 0.3) is 0 Å². The number of fused-ring (bicyclic) bond motifs is 10. The molecule has 0 fully saturated rings. The predicted octanol–water partition coefficient (Wildman–Crippen LogP) is 15.4. The largest absolute Gasteiger partial charge is 0.309 e. The van der Waals surface area contributed by atoms with Gasteiger partial charge >= 0.3 is 0 Å². The van der Waals surface area contributed by atoms with Gasteiger partial charge in [-0.05, 0) is 47.5 Å². The van der Waals surface area contributed by atoms with E-state index >= 15 is 0 Å². The monoisotopic (exact) mass is 833 g/mol. The Bertz CT molecular complexity index is 3950. The van der Waals surface area contributed by atoms with Crippen LogP contribution in [-0.2, 0) is 0 Å². The van der Waals surface area contributed by atoms with E-state index in [9.17, 15) is 0 Å². The highest BCUT2D eigenvalue weighted by Gasteiger charge is 2.24. The molecule has 0 aliphatic heterocycles. The fraction of sp³-hybridized carbons (Fsp3) is 0. The van der Waals surface area contributed by atoms with Crippen LogP contribution in [-0.4, -0.2) is 24.5 Å². The highest BCUT2D eigenvalue weighted by atomic mass is 32.1. The molecule has 4 aromatic heterocycles. The number of benzene rings is 9. The van der Waals surface area contributed by atoms with Crippen molar-refractivity contribution in [1.82, 2.24) is 24.5 Å². The molecule has 6 heteroatoms. The van der Waals surface area contributed by atoms with Gasteiger partial charge in [-0.25, -0.2) is 19.9 Å². The number of thiophene rings is 1. The molecule has 4 heterocycles. The lowest BCUT2D eigenvalue weighted by molar-refractivity contribution is 1.08. The Labute approximate surface area is 372 Å². The third kappa shape index (κ3) is 5.77. The molecular weight excluding hydrogens is 799 g/mol. The second-order valence-corrected chi connectivity index (χ2v) is 17.2. The average molecular weight is 834 g/mol. The van der Waals surface area contributed by atoms with Crippen molar-refractivity contribution in [3.05, 3.63) is 212 Å². The number of para-hydroxylation sites is 2. The number of rotatable bonds is 6. The Morgan fingerprint density at radius 3 is 1.78 bits per heavy atom. The van der Waals surface area contributed by atoms with Gasteiger partial charge in [-0.15, -0.1) is 11.3 Å². The van der Waals surface area contributed by atoms with E-state index in [1.807, 2.05) is 29.5 Å². The standard InChI is InChI=1S/C58H35N5S/c1-4-17-36(18-5-1)53-45-33-34-46-51-47(29-16-31-49(51)63(40-23-8-3-9-24-40)54(46)52(45)44-26-10-12-30-48(44)59-53)58-61-56(37-19-6-2-7-20-37)60-57(62-58)39-22-14-21-38(35-39)41-27-15-28-43-42-25-11-13-32-50(42)64-55(41)43/h1-35H. The van der Waals surface area contributed by atoms with E-state index in [0.29, 0.717) is 17.5 Å². The Balaban J connectivity index is 1.09. The maximum absolute atomic E-state index is 5.40. The fourth-order valence-electron chi connectivity index (χ4n) is 9.58. The van der Waals surface area contributed by atoms with Crippen LogP contribution in [0.25, 0.3) is 126 Å². The number of hydrogen-bond acceptors (Lipinski definition) is 5. The molecule has 298 valence electrons. The van der Waals surface area contributed by atoms with Gasteiger partial charge in [0.15, 0.2) is 17.5 Å². The minimum atomic E-state index is 0.614. The van der Waals surface area contributed by atoms with Crippen molar-refractivity contribution in [1.29, 1.82) is 0 Å². The SMILES string of the molecule is c1ccc(-c2nc(-c3cccc(-c4cccc5c4sc4ccccc45)c3)nc(-c3cccc4c3c3ccc5c(-c6ccccc6)nc6ccccc6c5c3n4-c3ccccc3)n2)cc1. The second-order valence-electron chi connectivity index (χ2n) is 16.1. The Morgan fingerprint density at radius 2 is 0.953 bits per heavy atom. The molecule has 0 aliphatic carbocycles. The Kier molecular flexibility index (Phi) is 8.32. The molecular formula is C58H35N5S. The molecule has 0 atom stereocenters. The summed E-state index contributed by atoms with van der Waals surface area (Å²) in [5.74, 6) is 1.85. The van der Waals surface area contributed by atoms with E-state index in [2.05, 4.69) is 199 Å². The molecule has 13 aromatic rings. The molecule has 0 bridgehead atoms. The molecule has 0 radical (unpaired) electrons. The van der Waals surface area contributed by atoms with Crippen molar-refractivity contribution in [2.24, 2.45) is 0 Å². The van der Waals surface area contributed by atoms with Gasteiger partial charge in [-0.2, -0.15) is 0 Å². The topological polar surface area (TPSA) is 56.5 Å². The normalized spacial score (nSPS) is 11.8. The summed E-state index contributed by atoms with van der Waals surface area (Å²) in [7, 11) is 0. The highest BCUT2D eigenvalue weighted by Crippen LogP contribution is 2.45. The summed E-state index contributed by atoms with van der Waals surface area (Å²) in [6, 6.07) is 74.9. The molecule has 13 rings (SSSR count). The number of hydrogen-bond donors (Lipinski definition) is 0. The summed E-state index contributed by atoms with van der Waals surface area (Å²) in [6.07, 6.45) is 0. The first-order chi connectivity index (χ1) is 31.7. The molecule has 0 saturated heterocycles. The van der Waals surface area contributed by atoms with Crippen molar-refractivity contribution in [3.63, 3.8) is 0 Å². The molecule has 5 nitrogen and oxygen atoms in total. The van der Waals surface area contributed by atoms with E-state index in [1.165, 1.54) is 25.7 Å². The third-order valence-corrected chi connectivity index (χ3v) is 13.6. The van der Waals surface area contributed by atoms with Gasteiger partial charge in [-0.3, -0.25) is 0 Å². The molecule has 9 aromatic carbocycles. The number of aromatic nitrogens is 5. The van der Waals surface area contributed by atoms with Gasteiger partial charge < -0.3 is 4.57 Å². The maximum atomic E-state index is 5.40.